The molecule has 1 amide bonds. The first-order chi connectivity index (χ1) is 12.4. The number of aryl methyl sites for hydroxylation is 1. The van der Waals surface area contributed by atoms with Crippen LogP contribution in [0.3, 0.4) is 0 Å². The van der Waals surface area contributed by atoms with Crippen molar-refractivity contribution in [3.05, 3.63) is 65.2 Å². The molecule has 0 heterocycles. The number of nitrogens with one attached hydrogen (secondary N) is 1. The molecule has 0 aromatic heterocycles. The lowest BCUT2D eigenvalue weighted by Crippen LogP contribution is -2.34. The van der Waals surface area contributed by atoms with Gasteiger partial charge in [-0.05, 0) is 55.9 Å². The van der Waals surface area contributed by atoms with Gasteiger partial charge in [-0.2, -0.15) is 0 Å². The van der Waals surface area contributed by atoms with Crippen molar-refractivity contribution < 1.29 is 18.3 Å². The van der Waals surface area contributed by atoms with Gasteiger partial charge in [0.2, 0.25) is 5.91 Å². The largest absolute Gasteiger partial charge is 0.497 e. The van der Waals surface area contributed by atoms with E-state index in [1.54, 1.807) is 7.11 Å². The molecular formula is C20H24F2N2O2. The minimum atomic E-state index is -0.893. The minimum absolute atomic E-state index is 0.0214. The highest BCUT2D eigenvalue weighted by Crippen LogP contribution is 2.20. The SMILES string of the molecule is COc1ccc(C(CNC(=O)CCc2ccc(F)c(F)c2)N(C)C)cc1. The van der Waals surface area contributed by atoms with Crippen LogP contribution < -0.4 is 10.1 Å². The Balaban J connectivity index is 1.89. The van der Waals surface area contributed by atoms with Gasteiger partial charge in [-0.1, -0.05) is 18.2 Å². The molecule has 0 aliphatic heterocycles. The van der Waals surface area contributed by atoms with E-state index < -0.39 is 11.6 Å². The van der Waals surface area contributed by atoms with Crippen LogP contribution in [0.25, 0.3) is 0 Å². The summed E-state index contributed by atoms with van der Waals surface area (Å²) in [5, 5.41) is 2.91. The normalized spacial score (nSPS) is 12.1. The van der Waals surface area contributed by atoms with Crippen LogP contribution in [0, 0.1) is 11.6 Å². The maximum Gasteiger partial charge on any atom is 0.220 e. The Bertz CT molecular complexity index is 733. The molecule has 26 heavy (non-hydrogen) atoms. The summed E-state index contributed by atoms with van der Waals surface area (Å²) in [7, 11) is 5.51. The number of carbonyl (C=O) groups excluding carboxylic acids is 1. The van der Waals surface area contributed by atoms with Crippen molar-refractivity contribution in [3.63, 3.8) is 0 Å². The fourth-order valence-corrected chi connectivity index (χ4v) is 2.68. The van der Waals surface area contributed by atoms with Crippen molar-refractivity contribution in [1.82, 2.24) is 10.2 Å². The molecule has 0 fully saturated rings. The Morgan fingerprint density at radius 1 is 1.12 bits per heavy atom. The number of carbonyl (C=O) groups is 1. The van der Waals surface area contributed by atoms with Gasteiger partial charge in [-0.15, -0.1) is 0 Å². The minimum Gasteiger partial charge on any atom is -0.497 e. The van der Waals surface area contributed by atoms with E-state index >= 15 is 0 Å². The van der Waals surface area contributed by atoms with Crippen molar-refractivity contribution in [2.24, 2.45) is 0 Å². The molecule has 0 aliphatic carbocycles. The molecule has 0 radical (unpaired) electrons. The van der Waals surface area contributed by atoms with Gasteiger partial charge in [0.15, 0.2) is 11.6 Å². The molecule has 2 aromatic carbocycles. The highest BCUT2D eigenvalue weighted by atomic mass is 19.2. The predicted octanol–water partition coefficient (Wildman–Crippen LogP) is 3.33. The Kier molecular flexibility index (Phi) is 7.09. The molecule has 140 valence electrons. The quantitative estimate of drug-likeness (QED) is 0.783. The van der Waals surface area contributed by atoms with Gasteiger partial charge in [0.05, 0.1) is 13.2 Å². The maximum absolute atomic E-state index is 13.2. The molecule has 1 atom stereocenters. The average molecular weight is 362 g/mol. The average Bonchev–Trinajstić information content (AvgIpc) is 2.63. The molecule has 0 spiro atoms. The summed E-state index contributed by atoms with van der Waals surface area (Å²) >= 11 is 0. The first kappa shape index (κ1) is 19.8. The lowest BCUT2D eigenvalue weighted by Gasteiger charge is -2.25. The van der Waals surface area contributed by atoms with E-state index in [1.165, 1.54) is 6.07 Å². The number of halogens is 2. The number of likely N-dealkylation sites (N-methyl/N-ethyl adjacent to an activating group) is 1. The van der Waals surface area contributed by atoms with Gasteiger partial charge in [0.25, 0.3) is 0 Å². The molecule has 0 bridgehead atoms. The van der Waals surface area contributed by atoms with E-state index in [-0.39, 0.29) is 18.4 Å². The van der Waals surface area contributed by atoms with Crippen LogP contribution in [0.4, 0.5) is 8.78 Å². The maximum atomic E-state index is 13.2. The summed E-state index contributed by atoms with van der Waals surface area (Å²) in [6.07, 6.45) is 0.575. The van der Waals surface area contributed by atoms with E-state index in [4.69, 9.17) is 4.74 Å². The van der Waals surface area contributed by atoms with Crippen molar-refractivity contribution in [2.75, 3.05) is 27.7 Å². The number of ether oxygens (including phenoxy) is 1. The standard InChI is InChI=1S/C20H24F2N2O2/c1-24(2)19(15-6-8-16(26-3)9-7-15)13-23-20(25)11-5-14-4-10-17(21)18(22)12-14/h4,6-10,12,19H,5,11,13H2,1-3H3,(H,23,25). The zero-order valence-electron chi connectivity index (χ0n) is 15.3. The van der Waals surface area contributed by atoms with Crippen molar-refractivity contribution in [1.29, 1.82) is 0 Å². The fraction of sp³-hybridized carbons (Fsp3) is 0.350. The summed E-state index contributed by atoms with van der Waals surface area (Å²) in [6.45, 7) is 0.454. The Hall–Kier alpha value is -2.47. The summed E-state index contributed by atoms with van der Waals surface area (Å²) in [6, 6.07) is 11.4. The van der Waals surface area contributed by atoms with Gasteiger partial charge >= 0.3 is 0 Å². The zero-order chi connectivity index (χ0) is 19.1. The number of rotatable bonds is 8. The number of amides is 1. The topological polar surface area (TPSA) is 41.6 Å². The van der Waals surface area contributed by atoms with Crippen LogP contribution in [0.2, 0.25) is 0 Å². The van der Waals surface area contributed by atoms with Crippen LogP contribution in [-0.4, -0.2) is 38.6 Å². The van der Waals surface area contributed by atoms with Crippen LogP contribution in [0.5, 0.6) is 5.75 Å². The second-order valence-electron chi connectivity index (χ2n) is 6.31. The Morgan fingerprint density at radius 3 is 2.38 bits per heavy atom. The summed E-state index contributed by atoms with van der Waals surface area (Å²) in [4.78, 5) is 14.1. The van der Waals surface area contributed by atoms with E-state index in [2.05, 4.69) is 5.32 Å². The van der Waals surface area contributed by atoms with E-state index in [1.807, 2.05) is 43.3 Å². The third kappa shape index (κ3) is 5.52. The van der Waals surface area contributed by atoms with E-state index in [9.17, 15) is 13.6 Å². The van der Waals surface area contributed by atoms with Gasteiger partial charge in [-0.25, -0.2) is 8.78 Å². The Labute approximate surface area is 152 Å². The number of hydrogen-bond acceptors (Lipinski definition) is 3. The third-order valence-electron chi connectivity index (χ3n) is 4.24. The molecule has 0 saturated heterocycles. The highest BCUT2D eigenvalue weighted by molar-refractivity contribution is 5.76. The number of methoxy groups -OCH3 is 1. The van der Waals surface area contributed by atoms with Crippen molar-refractivity contribution >= 4 is 5.91 Å². The summed E-state index contributed by atoms with van der Waals surface area (Å²) in [5.74, 6) is -1.13. The smallest absolute Gasteiger partial charge is 0.220 e. The molecule has 1 N–H and O–H groups in total. The van der Waals surface area contributed by atoms with Crippen LogP contribution in [0.15, 0.2) is 42.5 Å². The Morgan fingerprint density at radius 2 is 1.81 bits per heavy atom. The second kappa shape index (κ2) is 9.29. The zero-order valence-corrected chi connectivity index (χ0v) is 15.3. The molecular weight excluding hydrogens is 338 g/mol. The van der Waals surface area contributed by atoms with Gasteiger partial charge in [-0.3, -0.25) is 4.79 Å². The summed E-state index contributed by atoms with van der Waals surface area (Å²) < 4.78 is 31.3. The molecule has 2 rings (SSSR count). The molecule has 2 aromatic rings. The molecule has 4 nitrogen and oxygen atoms in total. The molecule has 1 unspecified atom stereocenters. The predicted molar refractivity (Wildman–Crippen MR) is 97.1 cm³/mol. The summed E-state index contributed by atoms with van der Waals surface area (Å²) in [5.41, 5.74) is 1.66. The molecule has 0 saturated carbocycles. The van der Waals surface area contributed by atoms with Crippen molar-refractivity contribution in [3.8, 4) is 5.75 Å². The van der Waals surface area contributed by atoms with E-state index in [0.29, 0.717) is 18.5 Å². The van der Waals surface area contributed by atoms with Crippen molar-refractivity contribution in [2.45, 2.75) is 18.9 Å². The van der Waals surface area contributed by atoms with Crippen LogP contribution in [0.1, 0.15) is 23.6 Å². The highest BCUT2D eigenvalue weighted by Gasteiger charge is 2.15. The molecule has 0 aliphatic rings. The first-order valence-corrected chi connectivity index (χ1v) is 8.41. The monoisotopic (exact) mass is 362 g/mol. The van der Waals surface area contributed by atoms with Gasteiger partial charge in [0, 0.05) is 13.0 Å². The number of nitrogens with zero attached hydrogens (tertiary/aromatic N) is 1. The van der Waals surface area contributed by atoms with E-state index in [0.717, 1.165) is 23.4 Å². The van der Waals surface area contributed by atoms with Crippen LogP contribution in [-0.2, 0) is 11.2 Å². The second-order valence-corrected chi connectivity index (χ2v) is 6.31. The molecule has 6 heteroatoms. The van der Waals surface area contributed by atoms with Gasteiger partial charge < -0.3 is 15.0 Å². The number of benzene rings is 2. The lowest BCUT2D eigenvalue weighted by atomic mass is 10.1. The fourth-order valence-electron chi connectivity index (χ4n) is 2.68. The van der Waals surface area contributed by atoms with Crippen LogP contribution >= 0.6 is 0 Å². The number of hydrogen-bond donors (Lipinski definition) is 1. The first-order valence-electron chi connectivity index (χ1n) is 8.41. The third-order valence-corrected chi connectivity index (χ3v) is 4.24. The van der Waals surface area contributed by atoms with Gasteiger partial charge in [0.1, 0.15) is 5.75 Å². The lowest BCUT2D eigenvalue weighted by molar-refractivity contribution is -0.121.